The molecular weight excluding hydrogens is 272 g/mol. The summed E-state index contributed by atoms with van der Waals surface area (Å²) in [5.41, 5.74) is 1.81. The molecule has 3 aromatic rings. The van der Waals surface area contributed by atoms with Crippen LogP contribution in [0, 0.1) is 0 Å². The van der Waals surface area contributed by atoms with Gasteiger partial charge in [0.25, 0.3) is 0 Å². The second-order valence-electron chi connectivity index (χ2n) is 4.17. The van der Waals surface area contributed by atoms with Crippen molar-refractivity contribution >= 4 is 23.8 Å². The smallest absolute Gasteiger partial charge is 0.248 e. The molecule has 0 amide bonds. The highest BCUT2D eigenvalue weighted by atomic mass is 35.5. The first-order chi connectivity index (χ1) is 9.83. The summed E-state index contributed by atoms with van der Waals surface area (Å²) in [6, 6.07) is 17.2. The molecule has 0 fully saturated rings. The highest BCUT2D eigenvalue weighted by molar-refractivity contribution is 6.32. The fourth-order valence-electron chi connectivity index (χ4n) is 1.77. The average molecular weight is 283 g/mol. The van der Waals surface area contributed by atoms with E-state index in [2.05, 4.69) is 10.2 Å². The normalized spacial score (nSPS) is 11.1. The zero-order valence-corrected chi connectivity index (χ0v) is 11.3. The fourth-order valence-corrected chi connectivity index (χ4v) is 1.97. The van der Waals surface area contributed by atoms with E-state index in [0.29, 0.717) is 16.8 Å². The van der Waals surface area contributed by atoms with Crippen LogP contribution in [0.25, 0.3) is 23.6 Å². The molecule has 1 aromatic heterocycles. The largest absolute Gasteiger partial charge is 0.417 e. The SMILES string of the molecule is Clc1ccccc1/C=C/c1nnc(-c2ccccc2)o1. The third-order valence-corrected chi connectivity index (χ3v) is 3.12. The van der Waals surface area contributed by atoms with Crippen molar-refractivity contribution in [2.45, 2.75) is 0 Å². The van der Waals surface area contributed by atoms with Gasteiger partial charge < -0.3 is 4.42 Å². The van der Waals surface area contributed by atoms with Crippen LogP contribution in [0.1, 0.15) is 11.5 Å². The van der Waals surface area contributed by atoms with E-state index in [1.165, 1.54) is 0 Å². The Morgan fingerprint density at radius 2 is 1.60 bits per heavy atom. The molecule has 2 aromatic carbocycles. The third-order valence-electron chi connectivity index (χ3n) is 2.77. The van der Waals surface area contributed by atoms with Crippen LogP contribution in [0.15, 0.2) is 59.0 Å². The molecule has 0 saturated heterocycles. The lowest BCUT2D eigenvalue weighted by Gasteiger charge is -1.95. The Labute approximate surface area is 121 Å². The summed E-state index contributed by atoms with van der Waals surface area (Å²) in [7, 11) is 0. The predicted octanol–water partition coefficient (Wildman–Crippen LogP) is 4.56. The van der Waals surface area contributed by atoms with Gasteiger partial charge in [-0.15, -0.1) is 10.2 Å². The van der Waals surface area contributed by atoms with Gasteiger partial charge in [0.1, 0.15) is 0 Å². The van der Waals surface area contributed by atoms with Gasteiger partial charge in [0, 0.05) is 16.7 Å². The van der Waals surface area contributed by atoms with Gasteiger partial charge in [-0.3, -0.25) is 0 Å². The predicted molar refractivity (Wildman–Crippen MR) is 80.1 cm³/mol. The van der Waals surface area contributed by atoms with Gasteiger partial charge in [0.2, 0.25) is 11.8 Å². The molecule has 4 heteroatoms. The van der Waals surface area contributed by atoms with Crippen molar-refractivity contribution < 1.29 is 4.42 Å². The number of hydrogen-bond donors (Lipinski definition) is 0. The summed E-state index contributed by atoms with van der Waals surface area (Å²) in [5.74, 6) is 0.952. The maximum Gasteiger partial charge on any atom is 0.248 e. The van der Waals surface area contributed by atoms with Crippen molar-refractivity contribution in [3.05, 3.63) is 71.1 Å². The number of benzene rings is 2. The van der Waals surface area contributed by atoms with Gasteiger partial charge >= 0.3 is 0 Å². The minimum Gasteiger partial charge on any atom is -0.417 e. The van der Waals surface area contributed by atoms with Crippen LogP contribution in [0.4, 0.5) is 0 Å². The monoisotopic (exact) mass is 282 g/mol. The number of nitrogens with zero attached hydrogens (tertiary/aromatic N) is 2. The quantitative estimate of drug-likeness (QED) is 0.707. The summed E-state index contributed by atoms with van der Waals surface area (Å²) in [6.07, 6.45) is 3.60. The Kier molecular flexibility index (Phi) is 3.61. The van der Waals surface area contributed by atoms with E-state index in [9.17, 15) is 0 Å². The molecule has 0 aliphatic carbocycles. The Morgan fingerprint density at radius 1 is 0.850 bits per heavy atom. The summed E-state index contributed by atoms with van der Waals surface area (Å²) in [4.78, 5) is 0. The zero-order chi connectivity index (χ0) is 13.8. The van der Waals surface area contributed by atoms with Gasteiger partial charge in [-0.25, -0.2) is 0 Å². The van der Waals surface area contributed by atoms with Gasteiger partial charge in [0.05, 0.1) is 0 Å². The molecule has 0 N–H and O–H groups in total. The van der Waals surface area contributed by atoms with Crippen molar-refractivity contribution in [1.82, 2.24) is 10.2 Å². The Bertz CT molecular complexity index is 735. The van der Waals surface area contributed by atoms with Crippen LogP contribution in [0.3, 0.4) is 0 Å². The summed E-state index contributed by atoms with van der Waals surface area (Å²) in [6.45, 7) is 0. The molecular formula is C16H11ClN2O. The molecule has 0 aliphatic heterocycles. The summed E-state index contributed by atoms with van der Waals surface area (Å²) < 4.78 is 5.58. The molecule has 0 unspecified atom stereocenters. The van der Waals surface area contributed by atoms with E-state index in [-0.39, 0.29) is 0 Å². The van der Waals surface area contributed by atoms with Crippen LogP contribution < -0.4 is 0 Å². The maximum absolute atomic E-state index is 6.07. The van der Waals surface area contributed by atoms with Crippen LogP contribution in [0.5, 0.6) is 0 Å². The minimum absolute atomic E-state index is 0.448. The first-order valence-corrected chi connectivity index (χ1v) is 6.52. The molecule has 0 aliphatic rings. The van der Waals surface area contributed by atoms with Crippen molar-refractivity contribution in [3.8, 4) is 11.5 Å². The standard InChI is InChI=1S/C16H11ClN2O/c17-14-9-5-4-6-12(14)10-11-15-18-19-16(20-15)13-7-2-1-3-8-13/h1-11H/b11-10+. The lowest BCUT2D eigenvalue weighted by Crippen LogP contribution is -1.75. The van der Waals surface area contributed by atoms with E-state index < -0.39 is 0 Å². The van der Waals surface area contributed by atoms with E-state index in [1.807, 2.05) is 60.7 Å². The molecule has 3 nitrogen and oxygen atoms in total. The lowest BCUT2D eigenvalue weighted by atomic mass is 10.2. The van der Waals surface area contributed by atoms with E-state index >= 15 is 0 Å². The molecule has 98 valence electrons. The Hall–Kier alpha value is -2.39. The van der Waals surface area contributed by atoms with Crippen LogP contribution in [-0.4, -0.2) is 10.2 Å². The third kappa shape index (κ3) is 2.78. The highest BCUT2D eigenvalue weighted by Crippen LogP contribution is 2.20. The number of halogens is 1. The molecule has 0 bridgehead atoms. The Morgan fingerprint density at radius 3 is 2.40 bits per heavy atom. The van der Waals surface area contributed by atoms with E-state index in [0.717, 1.165) is 11.1 Å². The maximum atomic E-state index is 6.07. The van der Waals surface area contributed by atoms with Gasteiger partial charge in [-0.2, -0.15) is 0 Å². The lowest BCUT2D eigenvalue weighted by molar-refractivity contribution is 0.558. The molecule has 0 atom stereocenters. The first-order valence-electron chi connectivity index (χ1n) is 6.14. The van der Waals surface area contributed by atoms with Crippen LogP contribution in [0.2, 0.25) is 5.02 Å². The molecule has 20 heavy (non-hydrogen) atoms. The molecule has 0 radical (unpaired) electrons. The van der Waals surface area contributed by atoms with Crippen LogP contribution in [-0.2, 0) is 0 Å². The summed E-state index contributed by atoms with van der Waals surface area (Å²) in [5, 5.41) is 8.70. The second kappa shape index (κ2) is 5.72. The van der Waals surface area contributed by atoms with Gasteiger partial charge in [-0.05, 0) is 29.8 Å². The van der Waals surface area contributed by atoms with Crippen LogP contribution >= 0.6 is 11.6 Å². The Balaban J connectivity index is 1.83. The second-order valence-corrected chi connectivity index (χ2v) is 4.57. The number of hydrogen-bond acceptors (Lipinski definition) is 3. The molecule has 1 heterocycles. The molecule has 0 saturated carbocycles. The van der Waals surface area contributed by atoms with Crippen molar-refractivity contribution in [2.24, 2.45) is 0 Å². The van der Waals surface area contributed by atoms with Gasteiger partial charge in [0.15, 0.2) is 0 Å². The zero-order valence-electron chi connectivity index (χ0n) is 10.5. The fraction of sp³-hybridized carbons (Fsp3) is 0. The summed E-state index contributed by atoms with van der Waals surface area (Å²) >= 11 is 6.07. The number of rotatable bonds is 3. The topological polar surface area (TPSA) is 38.9 Å². The van der Waals surface area contributed by atoms with Crippen molar-refractivity contribution in [2.75, 3.05) is 0 Å². The van der Waals surface area contributed by atoms with Crippen molar-refractivity contribution in [1.29, 1.82) is 0 Å². The highest BCUT2D eigenvalue weighted by Gasteiger charge is 2.05. The van der Waals surface area contributed by atoms with Gasteiger partial charge in [-0.1, -0.05) is 48.0 Å². The first kappa shape index (κ1) is 12.6. The van der Waals surface area contributed by atoms with E-state index in [1.54, 1.807) is 6.08 Å². The number of aromatic nitrogens is 2. The van der Waals surface area contributed by atoms with Crippen molar-refractivity contribution in [3.63, 3.8) is 0 Å². The minimum atomic E-state index is 0.448. The molecule has 3 rings (SSSR count). The average Bonchev–Trinajstić information content (AvgIpc) is 2.96. The molecule has 0 spiro atoms. The van der Waals surface area contributed by atoms with E-state index in [4.69, 9.17) is 16.0 Å².